The van der Waals surface area contributed by atoms with Crippen LogP contribution in [0.2, 0.25) is 5.15 Å². The molecule has 2 rings (SSSR count). The molecule has 0 saturated carbocycles. The van der Waals surface area contributed by atoms with Crippen LogP contribution in [0.5, 0.6) is 0 Å². The van der Waals surface area contributed by atoms with Gasteiger partial charge in [-0.25, -0.2) is 4.68 Å². The van der Waals surface area contributed by atoms with Crippen LogP contribution in [0.1, 0.15) is 11.3 Å². The van der Waals surface area contributed by atoms with E-state index in [0.29, 0.717) is 5.15 Å². The summed E-state index contributed by atoms with van der Waals surface area (Å²) < 4.78 is 1.74. The number of hydrogen-bond acceptors (Lipinski definition) is 1. The van der Waals surface area contributed by atoms with Crippen molar-refractivity contribution in [3.05, 3.63) is 46.7 Å². The molecule has 1 heterocycles. The SMILES string of the molecule is Cc1cccc(-n2nc(C)cc2Cl)c1. The highest BCUT2D eigenvalue weighted by atomic mass is 35.5. The first-order chi connectivity index (χ1) is 6.66. The molecule has 0 bridgehead atoms. The van der Waals surface area contributed by atoms with Gasteiger partial charge in [-0.15, -0.1) is 0 Å². The highest BCUT2D eigenvalue weighted by Crippen LogP contribution is 2.17. The minimum absolute atomic E-state index is 0.646. The quantitative estimate of drug-likeness (QED) is 0.701. The van der Waals surface area contributed by atoms with Gasteiger partial charge in [-0.2, -0.15) is 5.10 Å². The number of rotatable bonds is 1. The highest BCUT2D eigenvalue weighted by molar-refractivity contribution is 6.29. The van der Waals surface area contributed by atoms with Crippen LogP contribution in [0.15, 0.2) is 30.3 Å². The van der Waals surface area contributed by atoms with Gasteiger partial charge >= 0.3 is 0 Å². The lowest BCUT2D eigenvalue weighted by molar-refractivity contribution is 0.862. The maximum atomic E-state index is 6.03. The van der Waals surface area contributed by atoms with Crippen LogP contribution in [-0.2, 0) is 0 Å². The average molecular weight is 207 g/mol. The first kappa shape index (κ1) is 9.28. The Kier molecular flexibility index (Phi) is 2.30. The van der Waals surface area contributed by atoms with E-state index in [0.717, 1.165) is 11.4 Å². The highest BCUT2D eigenvalue weighted by Gasteiger charge is 2.04. The Balaban J connectivity index is 2.54. The maximum Gasteiger partial charge on any atom is 0.133 e. The van der Waals surface area contributed by atoms with Crippen molar-refractivity contribution in [3.63, 3.8) is 0 Å². The standard InChI is InChI=1S/C11H11ClN2/c1-8-4-3-5-10(6-8)14-11(12)7-9(2)13-14/h3-7H,1-2H3. The Hall–Kier alpha value is -1.28. The lowest BCUT2D eigenvalue weighted by Crippen LogP contribution is -1.96. The van der Waals surface area contributed by atoms with E-state index in [4.69, 9.17) is 11.6 Å². The predicted molar refractivity (Wildman–Crippen MR) is 58.0 cm³/mol. The van der Waals surface area contributed by atoms with E-state index in [1.54, 1.807) is 4.68 Å². The van der Waals surface area contributed by atoms with Gasteiger partial charge in [0.1, 0.15) is 5.15 Å². The molecule has 2 nitrogen and oxygen atoms in total. The fourth-order valence-electron chi connectivity index (χ4n) is 1.41. The Morgan fingerprint density at radius 1 is 1.21 bits per heavy atom. The van der Waals surface area contributed by atoms with E-state index < -0.39 is 0 Å². The molecule has 0 fully saturated rings. The second kappa shape index (κ2) is 3.46. The van der Waals surface area contributed by atoms with Crippen molar-refractivity contribution in [2.75, 3.05) is 0 Å². The first-order valence-electron chi connectivity index (χ1n) is 4.46. The zero-order valence-corrected chi connectivity index (χ0v) is 8.92. The predicted octanol–water partition coefficient (Wildman–Crippen LogP) is 3.14. The summed E-state index contributed by atoms with van der Waals surface area (Å²) in [5, 5.41) is 4.95. The summed E-state index contributed by atoms with van der Waals surface area (Å²) >= 11 is 6.03. The Bertz CT molecular complexity index is 460. The molecular formula is C11H11ClN2. The maximum absolute atomic E-state index is 6.03. The summed E-state index contributed by atoms with van der Waals surface area (Å²) in [6.07, 6.45) is 0. The number of aryl methyl sites for hydroxylation is 2. The van der Waals surface area contributed by atoms with Gasteiger partial charge in [-0.05, 0) is 37.6 Å². The number of aromatic nitrogens is 2. The van der Waals surface area contributed by atoms with Crippen LogP contribution in [-0.4, -0.2) is 9.78 Å². The second-order valence-electron chi connectivity index (χ2n) is 3.36. The van der Waals surface area contributed by atoms with Gasteiger partial charge in [0, 0.05) is 0 Å². The molecule has 0 spiro atoms. The molecule has 2 aromatic rings. The van der Waals surface area contributed by atoms with Gasteiger partial charge in [-0.3, -0.25) is 0 Å². The average Bonchev–Trinajstić information content (AvgIpc) is 2.45. The topological polar surface area (TPSA) is 17.8 Å². The molecule has 3 heteroatoms. The minimum Gasteiger partial charge on any atom is -0.222 e. The lowest BCUT2D eigenvalue weighted by Gasteiger charge is -2.03. The molecule has 0 aliphatic heterocycles. The van der Waals surface area contributed by atoms with Crippen LogP contribution >= 0.6 is 11.6 Å². The Labute approximate surface area is 88.1 Å². The van der Waals surface area contributed by atoms with E-state index in [1.807, 2.05) is 38.1 Å². The normalized spacial score (nSPS) is 10.5. The minimum atomic E-state index is 0.646. The lowest BCUT2D eigenvalue weighted by atomic mass is 10.2. The van der Waals surface area contributed by atoms with Crippen molar-refractivity contribution in [3.8, 4) is 5.69 Å². The van der Waals surface area contributed by atoms with Crippen LogP contribution in [0.25, 0.3) is 5.69 Å². The summed E-state index contributed by atoms with van der Waals surface area (Å²) in [6, 6.07) is 9.94. The molecule has 0 aliphatic carbocycles. The van der Waals surface area contributed by atoms with Crippen molar-refractivity contribution in [1.82, 2.24) is 9.78 Å². The van der Waals surface area contributed by atoms with Gasteiger partial charge in [-0.1, -0.05) is 23.7 Å². The van der Waals surface area contributed by atoms with E-state index in [2.05, 4.69) is 11.2 Å². The zero-order valence-electron chi connectivity index (χ0n) is 8.16. The fraction of sp³-hybridized carbons (Fsp3) is 0.182. The molecule has 14 heavy (non-hydrogen) atoms. The van der Waals surface area contributed by atoms with Crippen molar-refractivity contribution in [1.29, 1.82) is 0 Å². The summed E-state index contributed by atoms with van der Waals surface area (Å²) in [7, 11) is 0. The fourth-order valence-corrected chi connectivity index (χ4v) is 1.70. The van der Waals surface area contributed by atoms with Gasteiger partial charge in [0.2, 0.25) is 0 Å². The van der Waals surface area contributed by atoms with Gasteiger partial charge in [0.05, 0.1) is 11.4 Å². The van der Waals surface area contributed by atoms with Gasteiger partial charge in [0.15, 0.2) is 0 Å². The van der Waals surface area contributed by atoms with E-state index in [-0.39, 0.29) is 0 Å². The number of benzene rings is 1. The number of halogens is 1. The molecule has 0 aliphatic rings. The molecule has 0 radical (unpaired) electrons. The Morgan fingerprint density at radius 2 is 2.00 bits per heavy atom. The third-order valence-electron chi connectivity index (χ3n) is 2.03. The Morgan fingerprint density at radius 3 is 2.57 bits per heavy atom. The third-order valence-corrected chi connectivity index (χ3v) is 2.30. The van der Waals surface area contributed by atoms with Crippen LogP contribution in [0, 0.1) is 13.8 Å². The number of nitrogens with zero attached hydrogens (tertiary/aromatic N) is 2. The molecular weight excluding hydrogens is 196 g/mol. The molecule has 0 saturated heterocycles. The van der Waals surface area contributed by atoms with Gasteiger partial charge < -0.3 is 0 Å². The summed E-state index contributed by atoms with van der Waals surface area (Å²) in [4.78, 5) is 0. The van der Waals surface area contributed by atoms with Crippen molar-refractivity contribution in [2.45, 2.75) is 13.8 Å². The van der Waals surface area contributed by atoms with E-state index in [9.17, 15) is 0 Å². The van der Waals surface area contributed by atoms with E-state index in [1.165, 1.54) is 5.56 Å². The van der Waals surface area contributed by atoms with Crippen molar-refractivity contribution >= 4 is 11.6 Å². The van der Waals surface area contributed by atoms with E-state index >= 15 is 0 Å². The third kappa shape index (κ3) is 1.66. The molecule has 0 unspecified atom stereocenters. The summed E-state index contributed by atoms with van der Waals surface area (Å²) in [6.45, 7) is 3.98. The van der Waals surface area contributed by atoms with Gasteiger partial charge in [0.25, 0.3) is 0 Å². The molecule has 0 amide bonds. The second-order valence-corrected chi connectivity index (χ2v) is 3.75. The largest absolute Gasteiger partial charge is 0.222 e. The summed E-state index contributed by atoms with van der Waals surface area (Å²) in [5.41, 5.74) is 3.13. The van der Waals surface area contributed by atoms with Crippen molar-refractivity contribution in [2.24, 2.45) is 0 Å². The van der Waals surface area contributed by atoms with Crippen LogP contribution < -0.4 is 0 Å². The molecule has 0 atom stereocenters. The summed E-state index contributed by atoms with van der Waals surface area (Å²) in [5.74, 6) is 0. The van der Waals surface area contributed by atoms with Crippen LogP contribution in [0.3, 0.4) is 0 Å². The van der Waals surface area contributed by atoms with Crippen LogP contribution in [0.4, 0.5) is 0 Å². The van der Waals surface area contributed by atoms with Crippen molar-refractivity contribution < 1.29 is 0 Å². The first-order valence-corrected chi connectivity index (χ1v) is 4.84. The monoisotopic (exact) mass is 206 g/mol. The molecule has 0 N–H and O–H groups in total. The smallest absolute Gasteiger partial charge is 0.133 e. The zero-order chi connectivity index (χ0) is 10.1. The molecule has 72 valence electrons. The number of hydrogen-bond donors (Lipinski definition) is 0. The molecule has 1 aromatic heterocycles. The molecule has 1 aromatic carbocycles.